The van der Waals surface area contributed by atoms with E-state index in [1.165, 1.54) is 16.1 Å². The van der Waals surface area contributed by atoms with E-state index in [-0.39, 0.29) is 11.9 Å². The molecule has 2 aromatic carbocycles. The van der Waals surface area contributed by atoms with Crippen molar-refractivity contribution >= 4 is 21.6 Å². The monoisotopic (exact) mass is 384 g/mol. The first-order chi connectivity index (χ1) is 12.9. The lowest BCUT2D eigenvalue weighted by atomic mass is 10.0. The van der Waals surface area contributed by atoms with Crippen LogP contribution in [0.1, 0.15) is 34.3 Å². The Morgan fingerprint density at radius 3 is 2.59 bits per heavy atom. The molecule has 1 N–H and O–H groups in total. The summed E-state index contributed by atoms with van der Waals surface area (Å²) in [5.41, 5.74) is 3.44. The fourth-order valence-corrected chi connectivity index (χ4v) is 4.77. The number of nitrogens with zero attached hydrogens (tertiary/aromatic N) is 1. The fraction of sp³-hybridized carbons (Fsp3) is 0.381. The molecule has 0 saturated heterocycles. The van der Waals surface area contributed by atoms with Gasteiger partial charge in [0.1, 0.15) is 0 Å². The van der Waals surface area contributed by atoms with Crippen LogP contribution in [-0.4, -0.2) is 33.2 Å². The van der Waals surface area contributed by atoms with E-state index in [0.29, 0.717) is 30.1 Å². The van der Waals surface area contributed by atoms with Crippen molar-refractivity contribution in [2.24, 2.45) is 5.92 Å². The van der Waals surface area contributed by atoms with E-state index in [2.05, 4.69) is 17.4 Å². The van der Waals surface area contributed by atoms with E-state index in [0.717, 1.165) is 24.8 Å². The first-order valence-electron chi connectivity index (χ1n) is 9.37. The van der Waals surface area contributed by atoms with Crippen molar-refractivity contribution in [3.8, 4) is 0 Å². The molecule has 2 aromatic rings. The second-order valence-corrected chi connectivity index (χ2v) is 9.44. The normalized spacial score (nSPS) is 17.4. The van der Waals surface area contributed by atoms with Crippen LogP contribution in [-0.2, 0) is 22.9 Å². The van der Waals surface area contributed by atoms with Gasteiger partial charge in [-0.25, -0.2) is 8.42 Å². The van der Waals surface area contributed by atoms with E-state index in [9.17, 15) is 13.2 Å². The molecule has 6 heteroatoms. The Labute approximate surface area is 160 Å². The molecule has 27 heavy (non-hydrogen) atoms. The summed E-state index contributed by atoms with van der Waals surface area (Å²) < 4.78 is 25.1. The maximum atomic E-state index is 12.8. The number of nitrogens with one attached hydrogen (secondary N) is 1. The summed E-state index contributed by atoms with van der Waals surface area (Å²) in [4.78, 5) is 12.8. The molecule has 1 unspecified atom stereocenters. The fourth-order valence-electron chi connectivity index (χ4n) is 3.81. The number of amides is 1. The summed E-state index contributed by atoms with van der Waals surface area (Å²) >= 11 is 0. The van der Waals surface area contributed by atoms with Crippen molar-refractivity contribution in [3.05, 3.63) is 65.2 Å². The maximum Gasteiger partial charge on any atom is 0.251 e. The molecule has 1 atom stereocenters. The number of carbonyl (C=O) groups excluding carboxylic acids is 1. The third kappa shape index (κ3) is 4.00. The number of carbonyl (C=O) groups is 1. The van der Waals surface area contributed by atoms with E-state index in [1.807, 2.05) is 24.3 Å². The Hall–Kier alpha value is -2.34. The minimum absolute atomic E-state index is 0.0802. The van der Waals surface area contributed by atoms with Crippen LogP contribution in [0, 0.1) is 5.92 Å². The summed E-state index contributed by atoms with van der Waals surface area (Å²) in [7, 11) is -3.27. The number of sulfonamides is 1. The van der Waals surface area contributed by atoms with Gasteiger partial charge in [-0.15, -0.1) is 0 Å². The molecule has 142 valence electrons. The molecule has 1 heterocycles. The summed E-state index contributed by atoms with van der Waals surface area (Å²) in [6.45, 7) is 0.442. The van der Waals surface area contributed by atoms with Gasteiger partial charge < -0.3 is 5.32 Å². The Kier molecular flexibility index (Phi) is 4.68. The van der Waals surface area contributed by atoms with E-state index in [1.54, 1.807) is 12.1 Å². The SMILES string of the molecule is CS(=O)(=O)N1CCc2cc(C(=O)NC(Cc3ccccc3)C3CC3)ccc21. The first-order valence-corrected chi connectivity index (χ1v) is 11.2. The molecular weight excluding hydrogens is 360 g/mol. The summed E-state index contributed by atoms with van der Waals surface area (Å²) in [6, 6.07) is 15.7. The summed E-state index contributed by atoms with van der Waals surface area (Å²) in [5, 5.41) is 3.21. The number of fused-ring (bicyclic) bond motifs is 1. The average molecular weight is 385 g/mol. The van der Waals surface area contributed by atoms with Gasteiger partial charge in [0.25, 0.3) is 5.91 Å². The van der Waals surface area contributed by atoms with Crippen LogP contribution in [0.5, 0.6) is 0 Å². The lowest BCUT2D eigenvalue weighted by molar-refractivity contribution is 0.0932. The first kappa shape index (κ1) is 18.0. The molecule has 1 saturated carbocycles. The van der Waals surface area contributed by atoms with Gasteiger partial charge in [-0.1, -0.05) is 30.3 Å². The molecule has 1 aliphatic heterocycles. The van der Waals surface area contributed by atoms with E-state index >= 15 is 0 Å². The van der Waals surface area contributed by atoms with Crippen molar-refractivity contribution in [3.63, 3.8) is 0 Å². The van der Waals surface area contributed by atoms with Gasteiger partial charge in [-0.2, -0.15) is 0 Å². The zero-order valence-electron chi connectivity index (χ0n) is 15.4. The summed E-state index contributed by atoms with van der Waals surface area (Å²) in [6.07, 6.45) is 5.01. The Morgan fingerprint density at radius 1 is 1.19 bits per heavy atom. The highest BCUT2D eigenvalue weighted by molar-refractivity contribution is 7.92. The standard InChI is InChI=1S/C21H24N2O3S/c1-27(25,26)23-12-11-17-14-18(9-10-20(17)23)21(24)22-19(16-7-8-16)13-15-5-3-2-4-6-15/h2-6,9-10,14,16,19H,7-8,11-13H2,1H3,(H,22,24). The van der Waals surface area contributed by atoms with Gasteiger partial charge in [0.15, 0.2) is 0 Å². The van der Waals surface area contributed by atoms with Crippen LogP contribution in [0.4, 0.5) is 5.69 Å². The molecule has 0 bridgehead atoms. The number of hydrogen-bond acceptors (Lipinski definition) is 3. The van der Waals surface area contributed by atoms with Crippen molar-refractivity contribution < 1.29 is 13.2 Å². The zero-order chi connectivity index (χ0) is 19.0. The highest BCUT2D eigenvalue weighted by atomic mass is 32.2. The highest BCUT2D eigenvalue weighted by Gasteiger charge is 2.33. The number of rotatable bonds is 6. The van der Waals surface area contributed by atoms with E-state index < -0.39 is 10.0 Å². The van der Waals surface area contributed by atoms with Crippen LogP contribution >= 0.6 is 0 Å². The molecular formula is C21H24N2O3S. The van der Waals surface area contributed by atoms with Crippen molar-refractivity contribution in [1.82, 2.24) is 5.32 Å². The largest absolute Gasteiger partial charge is 0.349 e. The summed E-state index contributed by atoms with van der Waals surface area (Å²) in [5.74, 6) is 0.466. The predicted octanol–water partition coefficient (Wildman–Crippen LogP) is 2.76. The third-order valence-electron chi connectivity index (χ3n) is 5.40. The van der Waals surface area contributed by atoms with Gasteiger partial charge >= 0.3 is 0 Å². The van der Waals surface area contributed by atoms with Crippen molar-refractivity contribution in [1.29, 1.82) is 0 Å². The molecule has 0 aromatic heterocycles. The predicted molar refractivity (Wildman–Crippen MR) is 106 cm³/mol. The molecule has 1 fully saturated rings. The van der Waals surface area contributed by atoms with Crippen molar-refractivity contribution in [2.75, 3.05) is 17.1 Å². The average Bonchev–Trinajstić information content (AvgIpc) is 3.39. The Bertz CT molecular complexity index is 953. The lowest BCUT2D eigenvalue weighted by Crippen LogP contribution is -2.38. The minimum Gasteiger partial charge on any atom is -0.349 e. The number of anilines is 1. The molecule has 2 aliphatic rings. The Balaban J connectivity index is 1.49. The van der Waals surface area contributed by atoms with Gasteiger partial charge in [0.2, 0.25) is 10.0 Å². The minimum atomic E-state index is -3.27. The maximum absolute atomic E-state index is 12.8. The van der Waals surface area contributed by atoms with E-state index in [4.69, 9.17) is 0 Å². The molecule has 1 aliphatic carbocycles. The van der Waals surface area contributed by atoms with Crippen molar-refractivity contribution in [2.45, 2.75) is 31.7 Å². The van der Waals surface area contributed by atoms with Crippen LogP contribution in [0.15, 0.2) is 48.5 Å². The van der Waals surface area contributed by atoms with Crippen LogP contribution in [0.2, 0.25) is 0 Å². The number of hydrogen-bond donors (Lipinski definition) is 1. The zero-order valence-corrected chi connectivity index (χ0v) is 16.2. The molecule has 1 amide bonds. The van der Waals surface area contributed by atoms with Gasteiger partial charge in [-0.05, 0) is 60.9 Å². The molecule has 4 rings (SSSR count). The van der Waals surface area contributed by atoms with Crippen LogP contribution < -0.4 is 9.62 Å². The molecule has 0 radical (unpaired) electrons. The Morgan fingerprint density at radius 2 is 1.93 bits per heavy atom. The van der Waals surface area contributed by atoms with Crippen LogP contribution in [0.3, 0.4) is 0 Å². The number of benzene rings is 2. The highest BCUT2D eigenvalue weighted by Crippen LogP contribution is 2.35. The van der Waals surface area contributed by atoms with Gasteiger partial charge in [-0.3, -0.25) is 9.10 Å². The molecule has 0 spiro atoms. The third-order valence-corrected chi connectivity index (χ3v) is 6.58. The molecule has 5 nitrogen and oxygen atoms in total. The second kappa shape index (κ2) is 7.00. The topological polar surface area (TPSA) is 66.5 Å². The quantitative estimate of drug-likeness (QED) is 0.833. The smallest absolute Gasteiger partial charge is 0.251 e. The lowest BCUT2D eigenvalue weighted by Gasteiger charge is -2.19. The second-order valence-electron chi connectivity index (χ2n) is 7.54. The van der Waals surface area contributed by atoms with Crippen LogP contribution in [0.25, 0.3) is 0 Å². The van der Waals surface area contributed by atoms with Gasteiger partial charge in [0.05, 0.1) is 11.9 Å². The van der Waals surface area contributed by atoms with Gasteiger partial charge in [0, 0.05) is 18.2 Å².